The van der Waals surface area contributed by atoms with E-state index in [0.29, 0.717) is 5.56 Å². The number of nitrogens with zero attached hydrogens (tertiary/aromatic N) is 1. The molecule has 0 bridgehead atoms. The van der Waals surface area contributed by atoms with Crippen molar-refractivity contribution in [2.24, 2.45) is 0 Å². The summed E-state index contributed by atoms with van der Waals surface area (Å²) in [7, 11) is 0. The zero-order valence-corrected chi connectivity index (χ0v) is 10.2. The van der Waals surface area contributed by atoms with Crippen LogP contribution in [0.4, 0.5) is 4.39 Å². The molecule has 0 saturated carbocycles. The van der Waals surface area contributed by atoms with E-state index in [2.05, 4.69) is 18.8 Å². The highest BCUT2D eigenvalue weighted by atomic mass is 19.1. The molecule has 0 aliphatic rings. The highest BCUT2D eigenvalue weighted by Crippen LogP contribution is 2.35. The molecule has 1 atom stereocenters. The molecule has 0 spiro atoms. The Labute approximate surface area is 101 Å². The van der Waals surface area contributed by atoms with E-state index in [-0.39, 0.29) is 11.2 Å². The zero-order chi connectivity index (χ0) is 12.3. The van der Waals surface area contributed by atoms with Crippen LogP contribution >= 0.6 is 0 Å². The Balaban J connectivity index is 2.56. The third kappa shape index (κ3) is 2.07. The minimum atomic E-state index is -0.297. The second kappa shape index (κ2) is 4.66. The van der Waals surface area contributed by atoms with Crippen LogP contribution in [-0.2, 0) is 5.41 Å². The van der Waals surface area contributed by atoms with Crippen LogP contribution in [0.5, 0.6) is 0 Å². The van der Waals surface area contributed by atoms with E-state index in [1.807, 2.05) is 30.3 Å². The Morgan fingerprint density at radius 2 is 1.88 bits per heavy atom. The van der Waals surface area contributed by atoms with E-state index in [1.165, 1.54) is 6.20 Å². The Morgan fingerprint density at radius 3 is 2.47 bits per heavy atom. The molecule has 0 saturated heterocycles. The van der Waals surface area contributed by atoms with Crippen LogP contribution in [0.2, 0.25) is 0 Å². The van der Waals surface area contributed by atoms with Gasteiger partial charge in [0, 0.05) is 17.2 Å². The third-order valence-electron chi connectivity index (χ3n) is 3.48. The molecule has 0 aliphatic carbocycles. The van der Waals surface area contributed by atoms with Gasteiger partial charge < -0.3 is 0 Å². The van der Waals surface area contributed by atoms with Gasteiger partial charge >= 0.3 is 0 Å². The molecule has 17 heavy (non-hydrogen) atoms. The van der Waals surface area contributed by atoms with Crippen LogP contribution < -0.4 is 0 Å². The molecule has 88 valence electrons. The van der Waals surface area contributed by atoms with Crippen LogP contribution in [0.3, 0.4) is 0 Å². The zero-order valence-electron chi connectivity index (χ0n) is 10.2. The van der Waals surface area contributed by atoms with Gasteiger partial charge in [0.05, 0.1) is 6.20 Å². The van der Waals surface area contributed by atoms with Crippen molar-refractivity contribution < 1.29 is 4.39 Å². The molecule has 1 aromatic carbocycles. The van der Waals surface area contributed by atoms with Crippen molar-refractivity contribution in [3.63, 3.8) is 0 Å². The summed E-state index contributed by atoms with van der Waals surface area (Å²) >= 11 is 0. The van der Waals surface area contributed by atoms with Gasteiger partial charge in [-0.25, -0.2) is 4.39 Å². The lowest BCUT2D eigenvalue weighted by molar-refractivity contribution is 0.498. The number of hydrogen-bond acceptors (Lipinski definition) is 1. The summed E-state index contributed by atoms with van der Waals surface area (Å²) in [5.41, 5.74) is 1.54. The third-order valence-corrected chi connectivity index (χ3v) is 3.48. The molecule has 2 aromatic rings. The summed E-state index contributed by atoms with van der Waals surface area (Å²) in [6.07, 6.45) is 3.78. The first-order valence-corrected chi connectivity index (χ1v) is 5.84. The predicted octanol–water partition coefficient (Wildman–Crippen LogP) is 3.94. The molecule has 0 amide bonds. The Hall–Kier alpha value is -1.70. The van der Waals surface area contributed by atoms with Crippen molar-refractivity contribution in [1.82, 2.24) is 4.98 Å². The van der Waals surface area contributed by atoms with Crippen molar-refractivity contribution >= 4 is 0 Å². The first-order chi connectivity index (χ1) is 8.18. The first kappa shape index (κ1) is 11.8. The molecule has 0 unspecified atom stereocenters. The molecule has 2 rings (SSSR count). The summed E-state index contributed by atoms with van der Waals surface area (Å²) in [4.78, 5) is 3.81. The van der Waals surface area contributed by atoms with Crippen molar-refractivity contribution in [1.29, 1.82) is 0 Å². The summed E-state index contributed by atoms with van der Waals surface area (Å²) in [5.74, 6) is -0.235. The van der Waals surface area contributed by atoms with E-state index in [9.17, 15) is 4.39 Å². The maximum atomic E-state index is 13.9. The van der Waals surface area contributed by atoms with Gasteiger partial charge in [0.25, 0.3) is 0 Å². The Bertz CT molecular complexity index is 495. The van der Waals surface area contributed by atoms with Crippen LogP contribution in [0.1, 0.15) is 31.4 Å². The van der Waals surface area contributed by atoms with Crippen molar-refractivity contribution in [3.05, 3.63) is 65.7 Å². The topological polar surface area (TPSA) is 12.9 Å². The summed E-state index contributed by atoms with van der Waals surface area (Å²) in [6.45, 7) is 4.15. The van der Waals surface area contributed by atoms with Crippen LogP contribution in [0, 0.1) is 5.82 Å². The van der Waals surface area contributed by atoms with Crippen molar-refractivity contribution in [2.75, 3.05) is 0 Å². The number of hydrogen-bond donors (Lipinski definition) is 0. The number of halogens is 1. The normalized spacial score (nSPS) is 14.3. The number of pyridine rings is 1. The smallest absolute Gasteiger partial charge is 0.145 e. The van der Waals surface area contributed by atoms with Crippen molar-refractivity contribution in [3.8, 4) is 0 Å². The van der Waals surface area contributed by atoms with Crippen LogP contribution in [-0.4, -0.2) is 4.98 Å². The van der Waals surface area contributed by atoms with Gasteiger partial charge in [-0.3, -0.25) is 4.98 Å². The quantitative estimate of drug-likeness (QED) is 0.777. The molecule has 2 heteroatoms. The van der Waals surface area contributed by atoms with Crippen molar-refractivity contribution in [2.45, 2.75) is 25.7 Å². The Kier molecular flexibility index (Phi) is 3.23. The minimum absolute atomic E-state index is 0.235. The predicted molar refractivity (Wildman–Crippen MR) is 67.4 cm³/mol. The number of benzene rings is 1. The monoisotopic (exact) mass is 229 g/mol. The fourth-order valence-electron chi connectivity index (χ4n) is 2.18. The SMILES string of the molecule is CC[C@](C)(c1ccccc1)c1ccncc1F. The average molecular weight is 229 g/mol. The largest absolute Gasteiger partial charge is 0.262 e. The minimum Gasteiger partial charge on any atom is -0.262 e. The maximum Gasteiger partial charge on any atom is 0.145 e. The Morgan fingerprint density at radius 1 is 1.18 bits per heavy atom. The lowest BCUT2D eigenvalue weighted by atomic mass is 9.74. The molecule has 0 N–H and O–H groups in total. The molecular weight excluding hydrogens is 213 g/mol. The van der Waals surface area contributed by atoms with Gasteiger partial charge in [-0.05, 0) is 18.1 Å². The fourth-order valence-corrected chi connectivity index (χ4v) is 2.18. The van der Waals surface area contributed by atoms with E-state index in [0.717, 1.165) is 12.0 Å². The second-order valence-corrected chi connectivity index (χ2v) is 4.41. The lowest BCUT2D eigenvalue weighted by Gasteiger charge is -2.29. The molecule has 1 nitrogen and oxygen atoms in total. The van der Waals surface area contributed by atoms with Gasteiger partial charge in [0.2, 0.25) is 0 Å². The van der Waals surface area contributed by atoms with Gasteiger partial charge in [0.15, 0.2) is 0 Å². The van der Waals surface area contributed by atoms with E-state index < -0.39 is 0 Å². The molecule has 1 heterocycles. The van der Waals surface area contributed by atoms with Gasteiger partial charge in [0.1, 0.15) is 5.82 Å². The number of aromatic nitrogens is 1. The average Bonchev–Trinajstić information content (AvgIpc) is 2.39. The number of rotatable bonds is 3. The summed E-state index contributed by atoms with van der Waals surface area (Å²) in [6, 6.07) is 11.8. The second-order valence-electron chi connectivity index (χ2n) is 4.41. The molecule has 0 fully saturated rings. The van der Waals surface area contributed by atoms with E-state index >= 15 is 0 Å². The standard InChI is InChI=1S/C15H16FN/c1-3-15(2,12-7-5-4-6-8-12)13-9-10-17-11-14(13)16/h4-11H,3H2,1-2H3/t15-/m1/s1. The first-order valence-electron chi connectivity index (χ1n) is 5.84. The van der Waals surface area contributed by atoms with Crippen LogP contribution in [0.25, 0.3) is 0 Å². The molecule has 1 aromatic heterocycles. The van der Waals surface area contributed by atoms with Crippen LogP contribution in [0.15, 0.2) is 48.8 Å². The fraction of sp³-hybridized carbons (Fsp3) is 0.267. The molecule has 0 aliphatic heterocycles. The van der Waals surface area contributed by atoms with E-state index in [1.54, 1.807) is 12.3 Å². The van der Waals surface area contributed by atoms with Gasteiger partial charge in [-0.2, -0.15) is 0 Å². The maximum absolute atomic E-state index is 13.9. The highest BCUT2D eigenvalue weighted by Gasteiger charge is 2.29. The molecular formula is C15H16FN. The van der Waals surface area contributed by atoms with Gasteiger partial charge in [-0.1, -0.05) is 44.2 Å². The lowest BCUT2D eigenvalue weighted by Crippen LogP contribution is -2.24. The van der Waals surface area contributed by atoms with E-state index in [4.69, 9.17) is 0 Å². The highest BCUT2D eigenvalue weighted by molar-refractivity contribution is 5.37. The molecule has 0 radical (unpaired) electrons. The summed E-state index contributed by atoms with van der Waals surface area (Å²) < 4.78 is 13.9. The van der Waals surface area contributed by atoms with Gasteiger partial charge in [-0.15, -0.1) is 0 Å². The summed E-state index contributed by atoms with van der Waals surface area (Å²) in [5, 5.41) is 0.